The molecule has 7 nitrogen and oxygen atoms in total. The van der Waals surface area contributed by atoms with Crippen LogP contribution >= 0.6 is 0 Å². The van der Waals surface area contributed by atoms with Gasteiger partial charge in [-0.15, -0.1) is 0 Å². The molecule has 8 heteroatoms. The van der Waals surface area contributed by atoms with Gasteiger partial charge in [-0.1, -0.05) is 0 Å². The number of nitrogens with two attached hydrogens (primary N) is 1. The van der Waals surface area contributed by atoms with Crippen LogP contribution < -0.4 is 10.5 Å². The van der Waals surface area contributed by atoms with Gasteiger partial charge in [0.15, 0.2) is 5.82 Å². The predicted molar refractivity (Wildman–Crippen MR) is 54.6 cm³/mol. The largest absolute Gasteiger partial charge is 0.395 e. The van der Waals surface area contributed by atoms with Crippen molar-refractivity contribution in [1.29, 1.82) is 0 Å². The maximum atomic E-state index is 11.7. The highest BCUT2D eigenvalue weighted by molar-refractivity contribution is 7.89. The number of nitrogens with one attached hydrogen (secondary N) is 1. The van der Waals surface area contributed by atoms with Gasteiger partial charge in [0.1, 0.15) is 4.90 Å². The summed E-state index contributed by atoms with van der Waals surface area (Å²) in [6, 6.07) is 0. The Morgan fingerprint density at radius 1 is 1.60 bits per heavy atom. The van der Waals surface area contributed by atoms with E-state index >= 15 is 0 Å². The van der Waals surface area contributed by atoms with Gasteiger partial charge in [-0.2, -0.15) is 5.10 Å². The van der Waals surface area contributed by atoms with Crippen LogP contribution in [0.15, 0.2) is 4.90 Å². The lowest BCUT2D eigenvalue weighted by molar-refractivity contribution is 0.301. The second kappa shape index (κ2) is 4.17. The van der Waals surface area contributed by atoms with Gasteiger partial charge in [0, 0.05) is 13.6 Å². The summed E-state index contributed by atoms with van der Waals surface area (Å²) in [7, 11) is -2.07. The number of nitrogen functional groups attached to an aromatic ring is 1. The first kappa shape index (κ1) is 12.0. The summed E-state index contributed by atoms with van der Waals surface area (Å²) in [4.78, 5) is -0.0292. The Morgan fingerprint density at radius 2 is 2.20 bits per heavy atom. The van der Waals surface area contributed by atoms with Crippen molar-refractivity contribution in [1.82, 2.24) is 14.5 Å². The molecule has 0 aliphatic rings. The summed E-state index contributed by atoms with van der Waals surface area (Å²) >= 11 is 0. The summed E-state index contributed by atoms with van der Waals surface area (Å²) in [5.41, 5.74) is 5.94. The normalized spacial score (nSPS) is 11.9. The molecular formula is C7H14N4O3S. The lowest BCUT2D eigenvalue weighted by Gasteiger charge is -2.04. The van der Waals surface area contributed by atoms with Crippen LogP contribution in [0.4, 0.5) is 5.82 Å². The second-order valence-electron chi connectivity index (χ2n) is 3.04. The Balaban J connectivity index is 3.15. The monoisotopic (exact) mass is 234 g/mol. The van der Waals surface area contributed by atoms with E-state index in [9.17, 15) is 8.42 Å². The number of aryl methyl sites for hydroxylation is 1. The van der Waals surface area contributed by atoms with Crippen LogP contribution in [0.1, 0.15) is 5.69 Å². The van der Waals surface area contributed by atoms with E-state index in [2.05, 4.69) is 9.82 Å². The first-order valence-corrected chi connectivity index (χ1v) is 5.78. The molecule has 4 N–H and O–H groups in total. The van der Waals surface area contributed by atoms with Crippen molar-refractivity contribution in [3.8, 4) is 0 Å². The van der Waals surface area contributed by atoms with Gasteiger partial charge in [-0.05, 0) is 6.92 Å². The van der Waals surface area contributed by atoms with Crippen molar-refractivity contribution in [2.45, 2.75) is 11.8 Å². The average Bonchev–Trinajstić information content (AvgIpc) is 2.38. The van der Waals surface area contributed by atoms with Crippen LogP contribution in [0, 0.1) is 6.92 Å². The maximum Gasteiger partial charge on any atom is 0.246 e. The molecule has 0 saturated heterocycles. The summed E-state index contributed by atoms with van der Waals surface area (Å²) in [6.07, 6.45) is 0. The number of aromatic nitrogens is 2. The van der Waals surface area contributed by atoms with E-state index in [1.54, 1.807) is 14.0 Å². The quantitative estimate of drug-likeness (QED) is 0.592. The van der Waals surface area contributed by atoms with Gasteiger partial charge in [0.25, 0.3) is 0 Å². The molecule has 0 saturated carbocycles. The highest BCUT2D eigenvalue weighted by Gasteiger charge is 2.23. The molecule has 1 aromatic rings. The van der Waals surface area contributed by atoms with E-state index < -0.39 is 10.0 Å². The Labute approximate surface area is 87.9 Å². The number of hydrogen-bond donors (Lipinski definition) is 3. The zero-order valence-corrected chi connectivity index (χ0v) is 9.37. The molecule has 0 fully saturated rings. The van der Waals surface area contributed by atoms with Crippen molar-refractivity contribution in [2.75, 3.05) is 18.9 Å². The molecule has 0 amide bonds. The lowest BCUT2D eigenvalue weighted by Crippen LogP contribution is -2.27. The minimum Gasteiger partial charge on any atom is -0.395 e. The topological polar surface area (TPSA) is 110 Å². The molecule has 0 spiro atoms. The molecule has 86 valence electrons. The number of nitrogens with zero attached hydrogens (tertiary/aromatic N) is 2. The van der Waals surface area contributed by atoms with E-state index in [1.807, 2.05) is 0 Å². The SMILES string of the molecule is Cc1c(S(=O)(=O)NCCO)c(N)nn1C. The van der Waals surface area contributed by atoms with Crippen molar-refractivity contribution in [3.63, 3.8) is 0 Å². The van der Waals surface area contributed by atoms with Crippen LogP contribution in [0.25, 0.3) is 0 Å². The Kier molecular flexibility index (Phi) is 3.32. The molecule has 1 aromatic heterocycles. The molecule has 0 bridgehead atoms. The van der Waals surface area contributed by atoms with Crippen molar-refractivity contribution >= 4 is 15.8 Å². The molecule has 0 aliphatic carbocycles. The van der Waals surface area contributed by atoms with Crippen molar-refractivity contribution in [2.24, 2.45) is 7.05 Å². The zero-order chi connectivity index (χ0) is 11.6. The fourth-order valence-corrected chi connectivity index (χ4v) is 2.54. The van der Waals surface area contributed by atoms with Crippen LogP contribution in [-0.2, 0) is 17.1 Å². The minimum atomic E-state index is -3.68. The standard InChI is InChI=1S/C7H14N4O3S/c1-5-6(7(8)10-11(5)2)15(13,14)9-3-4-12/h9,12H,3-4H2,1-2H3,(H2,8,10). The van der Waals surface area contributed by atoms with Crippen LogP contribution in [0.2, 0.25) is 0 Å². The van der Waals surface area contributed by atoms with Gasteiger partial charge < -0.3 is 10.8 Å². The first-order valence-electron chi connectivity index (χ1n) is 4.29. The third-order valence-electron chi connectivity index (χ3n) is 1.98. The Morgan fingerprint density at radius 3 is 2.60 bits per heavy atom. The average molecular weight is 234 g/mol. The highest BCUT2D eigenvalue weighted by atomic mass is 32.2. The van der Waals surface area contributed by atoms with Gasteiger partial charge >= 0.3 is 0 Å². The fourth-order valence-electron chi connectivity index (χ4n) is 1.20. The maximum absolute atomic E-state index is 11.7. The molecule has 0 unspecified atom stereocenters. The Hall–Kier alpha value is -1.12. The number of anilines is 1. The molecule has 0 aromatic carbocycles. The summed E-state index contributed by atoms with van der Waals surface area (Å²) < 4.78 is 27.0. The zero-order valence-electron chi connectivity index (χ0n) is 8.56. The van der Waals surface area contributed by atoms with Gasteiger partial charge in [0.05, 0.1) is 12.3 Å². The van der Waals surface area contributed by atoms with Crippen molar-refractivity contribution in [3.05, 3.63) is 5.69 Å². The fraction of sp³-hybridized carbons (Fsp3) is 0.571. The van der Waals surface area contributed by atoms with Gasteiger partial charge in [0.2, 0.25) is 10.0 Å². The van der Waals surface area contributed by atoms with Crippen LogP contribution in [0.5, 0.6) is 0 Å². The van der Waals surface area contributed by atoms with Gasteiger partial charge in [-0.25, -0.2) is 13.1 Å². The molecule has 0 aliphatic heterocycles. The van der Waals surface area contributed by atoms with E-state index in [-0.39, 0.29) is 23.9 Å². The van der Waals surface area contributed by atoms with E-state index in [1.165, 1.54) is 4.68 Å². The van der Waals surface area contributed by atoms with Crippen LogP contribution in [-0.4, -0.2) is 36.5 Å². The molecule has 0 atom stereocenters. The number of aliphatic hydroxyl groups excluding tert-OH is 1. The van der Waals surface area contributed by atoms with Crippen molar-refractivity contribution < 1.29 is 13.5 Å². The van der Waals surface area contributed by atoms with E-state index in [0.717, 1.165) is 0 Å². The second-order valence-corrected chi connectivity index (χ2v) is 4.75. The lowest BCUT2D eigenvalue weighted by atomic mass is 10.5. The smallest absolute Gasteiger partial charge is 0.246 e. The van der Waals surface area contributed by atoms with E-state index in [0.29, 0.717) is 5.69 Å². The van der Waals surface area contributed by atoms with Crippen LogP contribution in [0.3, 0.4) is 0 Å². The molecule has 1 heterocycles. The third-order valence-corrected chi connectivity index (χ3v) is 3.60. The van der Waals surface area contributed by atoms with Gasteiger partial charge in [-0.3, -0.25) is 4.68 Å². The number of aliphatic hydroxyl groups is 1. The molecule has 1 rings (SSSR count). The molecule has 15 heavy (non-hydrogen) atoms. The summed E-state index contributed by atoms with van der Waals surface area (Å²) in [6.45, 7) is 1.30. The molecular weight excluding hydrogens is 220 g/mol. The highest BCUT2D eigenvalue weighted by Crippen LogP contribution is 2.20. The predicted octanol–water partition coefficient (Wildman–Crippen LogP) is -1.42. The minimum absolute atomic E-state index is 0.0292. The molecule has 0 radical (unpaired) electrons. The summed E-state index contributed by atoms with van der Waals surface area (Å²) in [5, 5.41) is 12.3. The number of rotatable bonds is 4. The summed E-state index contributed by atoms with van der Waals surface area (Å²) in [5.74, 6) is -0.0413. The first-order chi connectivity index (χ1) is 6.90. The van der Waals surface area contributed by atoms with E-state index in [4.69, 9.17) is 10.8 Å². The number of sulfonamides is 1. The third kappa shape index (κ3) is 2.28. The number of hydrogen-bond acceptors (Lipinski definition) is 5. The Bertz CT molecular complexity index is 451.